The van der Waals surface area contributed by atoms with Crippen LogP contribution in [0, 0.1) is 30.9 Å². The van der Waals surface area contributed by atoms with Crippen LogP contribution in [0.1, 0.15) is 28.2 Å². The maximum atomic E-state index is 10.7. The van der Waals surface area contributed by atoms with Gasteiger partial charge in [-0.1, -0.05) is 23.8 Å². The van der Waals surface area contributed by atoms with Crippen LogP contribution >= 0.6 is 0 Å². The number of aromatic nitrogens is 2. The molecule has 0 saturated heterocycles. The topological polar surface area (TPSA) is 133 Å². The van der Waals surface area contributed by atoms with E-state index in [-0.39, 0.29) is 18.7 Å². The highest BCUT2D eigenvalue weighted by atomic mass is 16.6. The zero-order chi connectivity index (χ0) is 23.8. The Balaban J connectivity index is 1.62. The fourth-order valence-corrected chi connectivity index (χ4v) is 3.35. The Hall–Kier alpha value is -3.85. The zero-order valence-corrected chi connectivity index (χ0v) is 19.0. The monoisotopic (exact) mass is 448 g/mol. The van der Waals surface area contributed by atoms with E-state index in [1.54, 1.807) is 6.20 Å². The van der Waals surface area contributed by atoms with Gasteiger partial charge in [0.15, 0.2) is 6.29 Å². The zero-order valence-electron chi connectivity index (χ0n) is 19.0. The number of benzene rings is 1. The van der Waals surface area contributed by atoms with E-state index in [9.17, 15) is 10.1 Å². The Morgan fingerprint density at radius 3 is 2.85 bits per heavy atom. The highest BCUT2D eigenvalue weighted by Crippen LogP contribution is 2.27. The van der Waals surface area contributed by atoms with Crippen LogP contribution in [0.25, 0.3) is 11.3 Å². The standard InChI is InChI=1S/C23H28N8O2/c1-5-18(31(32)33)12-25-14-24-8-9-26-23-28-13-20(22-27-11-17(4)29-22)21(30-23)19-7-6-15(2)10-16(19)3/h6-7,10-13,23-24,26,30H,1,8-9,14H2,2-4H3,(H,27,29). The van der Waals surface area contributed by atoms with Crippen molar-refractivity contribution < 1.29 is 4.92 Å². The van der Waals surface area contributed by atoms with Crippen molar-refractivity contribution in [3.8, 4) is 0 Å². The van der Waals surface area contributed by atoms with Gasteiger partial charge >= 0.3 is 5.70 Å². The molecule has 2 heterocycles. The fourth-order valence-electron chi connectivity index (χ4n) is 3.35. The van der Waals surface area contributed by atoms with Gasteiger partial charge in [0.1, 0.15) is 12.0 Å². The number of hydrogen-bond acceptors (Lipinski definition) is 8. The van der Waals surface area contributed by atoms with Gasteiger partial charge in [0.2, 0.25) is 0 Å². The first-order valence-corrected chi connectivity index (χ1v) is 10.5. The number of H-pyrrole nitrogens is 1. The molecule has 0 fully saturated rings. The van der Waals surface area contributed by atoms with E-state index in [0.29, 0.717) is 13.1 Å². The highest BCUT2D eigenvalue weighted by molar-refractivity contribution is 6.19. The molecular formula is C23H28N8O2. The number of aliphatic imine (C=N–C) groups is 2. The Morgan fingerprint density at radius 2 is 2.18 bits per heavy atom. The van der Waals surface area contributed by atoms with Crippen LogP contribution in [0.4, 0.5) is 0 Å². The van der Waals surface area contributed by atoms with Crippen molar-refractivity contribution in [2.45, 2.75) is 27.1 Å². The lowest BCUT2D eigenvalue weighted by Gasteiger charge is -2.26. The van der Waals surface area contributed by atoms with E-state index >= 15 is 0 Å². The molecule has 1 unspecified atom stereocenters. The van der Waals surface area contributed by atoms with Crippen molar-refractivity contribution in [2.75, 3.05) is 19.8 Å². The van der Waals surface area contributed by atoms with Gasteiger partial charge in [-0.2, -0.15) is 0 Å². The average Bonchev–Trinajstić information content (AvgIpc) is 3.21. The summed E-state index contributed by atoms with van der Waals surface area (Å²) in [5.41, 5.74) is 8.26. The molecular weight excluding hydrogens is 420 g/mol. The van der Waals surface area contributed by atoms with Gasteiger partial charge in [0.05, 0.1) is 22.9 Å². The van der Waals surface area contributed by atoms with Crippen molar-refractivity contribution in [3.63, 3.8) is 0 Å². The van der Waals surface area contributed by atoms with Crippen molar-refractivity contribution in [3.05, 3.63) is 80.7 Å². The van der Waals surface area contributed by atoms with Gasteiger partial charge < -0.3 is 10.3 Å². The summed E-state index contributed by atoms with van der Waals surface area (Å²) in [5.74, 6) is 0.763. The third kappa shape index (κ3) is 6.33. The van der Waals surface area contributed by atoms with Crippen LogP contribution in [0.2, 0.25) is 0 Å². The Morgan fingerprint density at radius 1 is 1.36 bits per heavy atom. The lowest BCUT2D eigenvalue weighted by atomic mass is 9.99. The second-order valence-electron chi connectivity index (χ2n) is 7.59. The molecule has 1 aliphatic heterocycles. The van der Waals surface area contributed by atoms with Gasteiger partial charge in [0, 0.05) is 36.8 Å². The first-order valence-electron chi connectivity index (χ1n) is 10.5. The van der Waals surface area contributed by atoms with Crippen LogP contribution in [0.3, 0.4) is 0 Å². The van der Waals surface area contributed by atoms with Crippen LogP contribution in [-0.4, -0.2) is 53.4 Å². The summed E-state index contributed by atoms with van der Waals surface area (Å²) in [6.45, 7) is 10.9. The van der Waals surface area contributed by atoms with E-state index in [4.69, 9.17) is 0 Å². The number of nitrogens with one attached hydrogen (secondary N) is 4. The number of aryl methyl sites for hydroxylation is 3. The van der Waals surface area contributed by atoms with E-state index in [1.807, 2.05) is 13.1 Å². The Bertz CT molecular complexity index is 1150. The molecule has 33 heavy (non-hydrogen) atoms. The number of allylic oxidation sites excluding steroid dienone is 2. The summed E-state index contributed by atoms with van der Waals surface area (Å²) < 4.78 is 0. The molecule has 0 amide bonds. The maximum absolute atomic E-state index is 10.7. The molecule has 1 aromatic heterocycles. The molecule has 0 spiro atoms. The number of nitrogens with zero attached hydrogens (tertiary/aromatic N) is 4. The minimum absolute atomic E-state index is 0.248. The molecule has 1 aromatic carbocycles. The lowest BCUT2D eigenvalue weighted by molar-refractivity contribution is -0.413. The molecule has 3 rings (SSSR count). The summed E-state index contributed by atoms with van der Waals surface area (Å²) >= 11 is 0. The molecule has 2 aromatic rings. The van der Waals surface area contributed by atoms with Crippen LogP contribution < -0.4 is 16.0 Å². The van der Waals surface area contributed by atoms with Gasteiger partial charge in [-0.15, -0.1) is 0 Å². The molecule has 0 bridgehead atoms. The van der Waals surface area contributed by atoms with E-state index in [2.05, 4.69) is 80.3 Å². The third-order valence-corrected chi connectivity index (χ3v) is 4.95. The van der Waals surface area contributed by atoms with Crippen molar-refractivity contribution >= 4 is 23.7 Å². The maximum Gasteiger partial charge on any atom is 0.328 e. The first kappa shape index (κ1) is 23.8. The number of nitro groups is 1. The van der Waals surface area contributed by atoms with Crippen molar-refractivity contribution in [1.82, 2.24) is 25.9 Å². The minimum Gasteiger partial charge on any atom is -0.350 e. The number of rotatable bonds is 10. The average molecular weight is 449 g/mol. The molecule has 1 aliphatic rings. The largest absolute Gasteiger partial charge is 0.350 e. The molecule has 0 aliphatic carbocycles. The highest BCUT2D eigenvalue weighted by Gasteiger charge is 2.21. The third-order valence-electron chi connectivity index (χ3n) is 4.95. The summed E-state index contributed by atoms with van der Waals surface area (Å²) in [6, 6.07) is 6.35. The minimum atomic E-state index is -0.579. The first-order chi connectivity index (χ1) is 15.9. The Kier molecular flexibility index (Phi) is 8.04. The molecule has 4 N–H and O–H groups in total. The number of hydrogen-bond donors (Lipinski definition) is 4. The molecule has 0 radical (unpaired) electrons. The predicted octanol–water partition coefficient (Wildman–Crippen LogP) is 2.31. The van der Waals surface area contributed by atoms with Gasteiger partial charge in [-0.3, -0.25) is 30.7 Å². The lowest BCUT2D eigenvalue weighted by Crippen LogP contribution is -2.44. The molecule has 10 nitrogen and oxygen atoms in total. The number of imidazole rings is 1. The van der Waals surface area contributed by atoms with Gasteiger partial charge in [-0.25, -0.2) is 4.98 Å². The molecule has 10 heteroatoms. The van der Waals surface area contributed by atoms with E-state index in [0.717, 1.165) is 40.1 Å². The molecule has 0 saturated carbocycles. The van der Waals surface area contributed by atoms with E-state index < -0.39 is 4.92 Å². The SMILES string of the molecule is C=C=C(C=NCNCCNC1N=CC(c2ncc(C)[nH]2)=C(c2ccc(C)cc2C)N1)[N+](=O)[O-]. The summed E-state index contributed by atoms with van der Waals surface area (Å²) in [6.07, 6.45) is 4.46. The van der Waals surface area contributed by atoms with Crippen LogP contribution in [-0.2, 0) is 0 Å². The summed E-state index contributed by atoms with van der Waals surface area (Å²) in [7, 11) is 0. The normalized spacial score (nSPS) is 15.5. The van der Waals surface area contributed by atoms with Gasteiger partial charge in [0.25, 0.3) is 0 Å². The number of aromatic amines is 1. The van der Waals surface area contributed by atoms with E-state index in [1.165, 1.54) is 5.56 Å². The second kappa shape index (κ2) is 11.1. The van der Waals surface area contributed by atoms with Crippen LogP contribution in [0.15, 0.2) is 52.4 Å². The van der Waals surface area contributed by atoms with Crippen molar-refractivity contribution in [1.29, 1.82) is 0 Å². The van der Waals surface area contributed by atoms with Crippen molar-refractivity contribution in [2.24, 2.45) is 9.98 Å². The van der Waals surface area contributed by atoms with Gasteiger partial charge in [-0.05, 0) is 38.6 Å². The fraction of sp³-hybridized carbons (Fsp3) is 0.304. The Labute approximate surface area is 192 Å². The summed E-state index contributed by atoms with van der Waals surface area (Å²) in [5, 5.41) is 20.6. The molecule has 172 valence electrons. The summed E-state index contributed by atoms with van der Waals surface area (Å²) in [4.78, 5) is 26.4. The predicted molar refractivity (Wildman–Crippen MR) is 130 cm³/mol. The smallest absolute Gasteiger partial charge is 0.328 e. The second-order valence-corrected chi connectivity index (χ2v) is 7.59. The quantitative estimate of drug-likeness (QED) is 0.145. The molecule has 1 atom stereocenters. The van der Waals surface area contributed by atoms with Crippen LogP contribution in [0.5, 0.6) is 0 Å².